The molecule has 2 amide bonds. The fraction of sp³-hybridized carbons (Fsp3) is 0.529. The molecule has 1 unspecified atom stereocenters. The molecule has 0 aromatic heterocycles. The number of halogens is 1. The van der Waals surface area contributed by atoms with Gasteiger partial charge >= 0.3 is 6.09 Å². The van der Waals surface area contributed by atoms with Gasteiger partial charge in [-0.2, -0.15) is 0 Å². The second-order valence-corrected chi connectivity index (χ2v) is 7.09. The summed E-state index contributed by atoms with van der Waals surface area (Å²) >= 11 is 3.44. The zero-order chi connectivity index (χ0) is 17.3. The molecule has 2 heterocycles. The van der Waals surface area contributed by atoms with Crippen molar-refractivity contribution in [2.75, 3.05) is 29.6 Å². The van der Waals surface area contributed by atoms with Gasteiger partial charge in [-0.05, 0) is 25.1 Å². The standard InChI is InChI=1S/C17H21BrN2O4/c1-11-10-19(17(22)24-14-5-7-23-8-6-14)16-9-13(18)3-4-15(16)20(11)12(2)21/h3-4,9,11,14H,5-8,10H2,1-2H3. The highest BCUT2D eigenvalue weighted by atomic mass is 79.9. The summed E-state index contributed by atoms with van der Waals surface area (Å²) in [6.07, 6.45) is 0.972. The third kappa shape index (κ3) is 3.42. The third-order valence-electron chi connectivity index (χ3n) is 4.37. The number of nitrogens with zero attached hydrogens (tertiary/aromatic N) is 2. The van der Waals surface area contributed by atoms with Gasteiger partial charge in [0.15, 0.2) is 0 Å². The molecule has 0 bridgehead atoms. The minimum absolute atomic E-state index is 0.0384. The van der Waals surface area contributed by atoms with Crippen LogP contribution in [0.3, 0.4) is 0 Å². The third-order valence-corrected chi connectivity index (χ3v) is 4.86. The largest absolute Gasteiger partial charge is 0.446 e. The first-order chi connectivity index (χ1) is 11.5. The lowest BCUT2D eigenvalue weighted by molar-refractivity contribution is -0.117. The second-order valence-electron chi connectivity index (χ2n) is 6.18. The van der Waals surface area contributed by atoms with E-state index in [1.54, 1.807) is 16.7 Å². The first-order valence-corrected chi connectivity index (χ1v) is 8.92. The molecule has 0 spiro atoms. The second kappa shape index (κ2) is 7.11. The van der Waals surface area contributed by atoms with Crippen LogP contribution in [0.2, 0.25) is 0 Å². The highest BCUT2D eigenvalue weighted by molar-refractivity contribution is 9.10. The molecule has 1 saturated heterocycles. The zero-order valence-corrected chi connectivity index (χ0v) is 15.4. The lowest BCUT2D eigenvalue weighted by Gasteiger charge is -2.40. The summed E-state index contributed by atoms with van der Waals surface area (Å²) in [4.78, 5) is 28.1. The van der Waals surface area contributed by atoms with E-state index in [1.807, 2.05) is 25.1 Å². The summed E-state index contributed by atoms with van der Waals surface area (Å²) in [6.45, 7) is 5.12. The van der Waals surface area contributed by atoms with Crippen molar-refractivity contribution in [2.24, 2.45) is 0 Å². The quantitative estimate of drug-likeness (QED) is 0.730. The van der Waals surface area contributed by atoms with Gasteiger partial charge in [-0.25, -0.2) is 4.79 Å². The number of hydrogen-bond donors (Lipinski definition) is 0. The number of ether oxygens (including phenoxy) is 2. The Balaban J connectivity index is 1.88. The molecule has 0 saturated carbocycles. The van der Waals surface area contributed by atoms with E-state index < -0.39 is 0 Å². The van der Waals surface area contributed by atoms with Crippen molar-refractivity contribution < 1.29 is 19.1 Å². The predicted octanol–water partition coefficient (Wildman–Crippen LogP) is 3.33. The molecule has 0 N–H and O–H groups in total. The van der Waals surface area contributed by atoms with E-state index in [9.17, 15) is 9.59 Å². The summed E-state index contributed by atoms with van der Waals surface area (Å²) in [5, 5.41) is 0. The van der Waals surface area contributed by atoms with E-state index in [2.05, 4.69) is 15.9 Å². The van der Waals surface area contributed by atoms with Crippen molar-refractivity contribution in [3.63, 3.8) is 0 Å². The van der Waals surface area contributed by atoms with E-state index in [-0.39, 0.29) is 24.1 Å². The minimum atomic E-state index is -0.365. The highest BCUT2D eigenvalue weighted by Crippen LogP contribution is 2.38. The van der Waals surface area contributed by atoms with Crippen LogP contribution in [0.25, 0.3) is 0 Å². The van der Waals surface area contributed by atoms with Gasteiger partial charge in [0.25, 0.3) is 0 Å². The van der Waals surface area contributed by atoms with Gasteiger partial charge in [0.05, 0.1) is 30.6 Å². The first kappa shape index (κ1) is 17.2. The molecule has 24 heavy (non-hydrogen) atoms. The van der Waals surface area contributed by atoms with E-state index in [1.165, 1.54) is 0 Å². The Morgan fingerprint density at radius 2 is 1.96 bits per heavy atom. The van der Waals surface area contributed by atoms with Crippen molar-refractivity contribution in [2.45, 2.75) is 38.8 Å². The summed E-state index contributed by atoms with van der Waals surface area (Å²) in [6, 6.07) is 5.46. The Kier molecular flexibility index (Phi) is 5.10. The molecule has 2 aliphatic rings. The van der Waals surface area contributed by atoms with Gasteiger partial charge in [0.1, 0.15) is 6.10 Å². The maximum absolute atomic E-state index is 12.7. The molecule has 2 aliphatic heterocycles. The molecule has 1 atom stereocenters. The smallest absolute Gasteiger partial charge is 0.414 e. The maximum atomic E-state index is 12.7. The van der Waals surface area contributed by atoms with Crippen LogP contribution in [0.15, 0.2) is 22.7 Å². The molecule has 1 fully saturated rings. The van der Waals surface area contributed by atoms with E-state index >= 15 is 0 Å². The Morgan fingerprint density at radius 3 is 2.62 bits per heavy atom. The molecule has 130 valence electrons. The van der Waals surface area contributed by atoms with Crippen molar-refractivity contribution in [1.82, 2.24) is 0 Å². The number of rotatable bonds is 1. The Bertz CT molecular complexity index is 645. The van der Waals surface area contributed by atoms with Gasteiger partial charge in [-0.1, -0.05) is 15.9 Å². The Hall–Kier alpha value is -1.60. The van der Waals surface area contributed by atoms with Gasteiger partial charge in [0, 0.05) is 30.8 Å². The molecule has 0 radical (unpaired) electrons. The van der Waals surface area contributed by atoms with E-state index in [4.69, 9.17) is 9.47 Å². The predicted molar refractivity (Wildman–Crippen MR) is 94.4 cm³/mol. The topological polar surface area (TPSA) is 59.1 Å². The van der Waals surface area contributed by atoms with Crippen LogP contribution in [0.4, 0.5) is 16.2 Å². The zero-order valence-electron chi connectivity index (χ0n) is 13.8. The average Bonchev–Trinajstić information content (AvgIpc) is 2.54. The van der Waals surface area contributed by atoms with Gasteiger partial charge in [-0.15, -0.1) is 0 Å². The highest BCUT2D eigenvalue weighted by Gasteiger charge is 2.35. The summed E-state index contributed by atoms with van der Waals surface area (Å²) in [7, 11) is 0. The van der Waals surface area contributed by atoms with Gasteiger partial charge in [0.2, 0.25) is 5.91 Å². The van der Waals surface area contributed by atoms with Crippen molar-refractivity contribution >= 4 is 39.3 Å². The fourth-order valence-electron chi connectivity index (χ4n) is 3.25. The summed E-state index contributed by atoms with van der Waals surface area (Å²) in [5.74, 6) is -0.0384. The number of benzene rings is 1. The van der Waals surface area contributed by atoms with Crippen molar-refractivity contribution in [3.05, 3.63) is 22.7 Å². The van der Waals surface area contributed by atoms with E-state index in [0.29, 0.717) is 25.4 Å². The van der Waals surface area contributed by atoms with E-state index in [0.717, 1.165) is 23.0 Å². The van der Waals surface area contributed by atoms with Crippen molar-refractivity contribution in [1.29, 1.82) is 0 Å². The number of amides is 2. The van der Waals surface area contributed by atoms with Gasteiger partial charge < -0.3 is 14.4 Å². The maximum Gasteiger partial charge on any atom is 0.414 e. The SMILES string of the molecule is CC(=O)N1c2ccc(Br)cc2N(C(=O)OC2CCOCC2)CC1C. The molecule has 7 heteroatoms. The van der Waals surface area contributed by atoms with Crippen LogP contribution in [-0.4, -0.2) is 43.9 Å². The molecule has 0 aliphatic carbocycles. The summed E-state index contributed by atoms with van der Waals surface area (Å²) in [5.41, 5.74) is 1.42. The number of fused-ring (bicyclic) bond motifs is 1. The molecule has 3 rings (SSSR count). The number of carbonyl (C=O) groups excluding carboxylic acids is 2. The van der Waals surface area contributed by atoms with Crippen LogP contribution >= 0.6 is 15.9 Å². The lowest BCUT2D eigenvalue weighted by atomic mass is 10.1. The van der Waals surface area contributed by atoms with Crippen LogP contribution < -0.4 is 9.80 Å². The molecule has 1 aromatic carbocycles. The van der Waals surface area contributed by atoms with Gasteiger partial charge in [-0.3, -0.25) is 9.69 Å². The first-order valence-electron chi connectivity index (χ1n) is 8.12. The normalized spacial score (nSPS) is 21.4. The van der Waals surface area contributed by atoms with Crippen LogP contribution in [0.1, 0.15) is 26.7 Å². The molecule has 1 aromatic rings. The Labute approximate surface area is 149 Å². The van der Waals surface area contributed by atoms with Crippen LogP contribution in [-0.2, 0) is 14.3 Å². The van der Waals surface area contributed by atoms with Crippen LogP contribution in [0, 0.1) is 0 Å². The average molecular weight is 397 g/mol. The summed E-state index contributed by atoms with van der Waals surface area (Å²) < 4.78 is 11.8. The lowest BCUT2D eigenvalue weighted by Crippen LogP contribution is -2.52. The number of carbonyl (C=O) groups is 2. The monoisotopic (exact) mass is 396 g/mol. The molecular weight excluding hydrogens is 376 g/mol. The molecule has 6 nitrogen and oxygen atoms in total. The Morgan fingerprint density at radius 1 is 1.25 bits per heavy atom. The number of anilines is 2. The van der Waals surface area contributed by atoms with Crippen LogP contribution in [0.5, 0.6) is 0 Å². The fourth-order valence-corrected chi connectivity index (χ4v) is 3.60. The minimum Gasteiger partial charge on any atom is -0.446 e. The van der Waals surface area contributed by atoms with Crippen molar-refractivity contribution in [3.8, 4) is 0 Å². The number of hydrogen-bond acceptors (Lipinski definition) is 4. The molecular formula is C17H21BrN2O4.